The Morgan fingerprint density at radius 2 is 1.75 bits per heavy atom. The number of hydrogen-bond donors (Lipinski definition) is 1. The quantitative estimate of drug-likeness (QED) is 0.576. The van der Waals surface area contributed by atoms with E-state index in [0.717, 1.165) is 24.0 Å². The third-order valence-corrected chi connectivity index (χ3v) is 4.20. The summed E-state index contributed by atoms with van der Waals surface area (Å²) >= 11 is 0. The minimum absolute atomic E-state index is 0.103. The van der Waals surface area contributed by atoms with Crippen LogP contribution in [-0.2, 0) is 28.8 Å². The third kappa shape index (κ3) is 5.12. The van der Waals surface area contributed by atoms with E-state index in [4.69, 9.17) is 4.74 Å². The molecule has 0 aromatic heterocycles. The molecule has 2 aromatic rings. The predicted molar refractivity (Wildman–Crippen MR) is 96.3 cm³/mol. The van der Waals surface area contributed by atoms with Crippen LogP contribution in [0.1, 0.15) is 48.4 Å². The summed E-state index contributed by atoms with van der Waals surface area (Å²) in [5, 5.41) is 10.6. The zero-order valence-corrected chi connectivity index (χ0v) is 14.5. The van der Waals surface area contributed by atoms with Gasteiger partial charge in [0.15, 0.2) is 0 Å². The molecule has 0 saturated carbocycles. The van der Waals surface area contributed by atoms with Crippen molar-refractivity contribution in [3.05, 3.63) is 64.7 Å². The smallest absolute Gasteiger partial charge is 0.310 e. The largest absolute Gasteiger partial charge is 0.507 e. The molecule has 0 heterocycles. The fraction of sp³-hybridized carbons (Fsp3) is 0.381. The number of phenols is 1. The summed E-state index contributed by atoms with van der Waals surface area (Å²) in [6.45, 7) is 2.18. The highest BCUT2D eigenvalue weighted by Crippen LogP contribution is 2.28. The molecule has 0 aliphatic heterocycles. The van der Waals surface area contributed by atoms with E-state index in [1.165, 1.54) is 25.5 Å². The molecule has 24 heavy (non-hydrogen) atoms. The van der Waals surface area contributed by atoms with Gasteiger partial charge in [-0.25, -0.2) is 0 Å². The molecule has 128 valence electrons. The molecule has 0 radical (unpaired) electrons. The fourth-order valence-electron chi connectivity index (χ4n) is 2.87. The Hall–Kier alpha value is -2.29. The number of phenolic OH excluding ortho intramolecular Hbond substituents is 1. The molecular formula is C21H26O3. The van der Waals surface area contributed by atoms with Crippen molar-refractivity contribution in [1.82, 2.24) is 0 Å². The highest BCUT2D eigenvalue weighted by atomic mass is 16.5. The van der Waals surface area contributed by atoms with Crippen LogP contribution in [0.4, 0.5) is 0 Å². The van der Waals surface area contributed by atoms with Crippen molar-refractivity contribution in [3.8, 4) is 5.75 Å². The number of carbonyl (C=O) groups excluding carboxylic acids is 1. The Bertz CT molecular complexity index is 662. The van der Waals surface area contributed by atoms with Crippen LogP contribution in [0.15, 0.2) is 42.5 Å². The summed E-state index contributed by atoms with van der Waals surface area (Å²) < 4.78 is 4.76. The maximum absolute atomic E-state index is 11.6. The van der Waals surface area contributed by atoms with E-state index in [9.17, 15) is 9.90 Å². The molecule has 0 fully saturated rings. The lowest BCUT2D eigenvalue weighted by Crippen LogP contribution is -2.06. The molecule has 0 atom stereocenters. The number of aryl methyl sites for hydroxylation is 1. The van der Waals surface area contributed by atoms with Crippen molar-refractivity contribution in [2.75, 3.05) is 7.11 Å². The van der Waals surface area contributed by atoms with Gasteiger partial charge in [-0.05, 0) is 29.5 Å². The molecule has 0 bridgehead atoms. The van der Waals surface area contributed by atoms with Crippen molar-refractivity contribution >= 4 is 5.97 Å². The van der Waals surface area contributed by atoms with Gasteiger partial charge in [-0.1, -0.05) is 62.2 Å². The molecule has 0 aliphatic rings. The van der Waals surface area contributed by atoms with Gasteiger partial charge in [0.2, 0.25) is 0 Å². The number of carbonyl (C=O) groups is 1. The second-order valence-corrected chi connectivity index (χ2v) is 6.14. The Balaban J connectivity index is 2.30. The Kier molecular flexibility index (Phi) is 6.86. The van der Waals surface area contributed by atoms with Gasteiger partial charge in [0.05, 0.1) is 13.5 Å². The molecule has 3 heteroatoms. The van der Waals surface area contributed by atoms with Gasteiger partial charge in [0.25, 0.3) is 0 Å². The maximum Gasteiger partial charge on any atom is 0.310 e. The number of ether oxygens (including phenoxy) is 1. The van der Waals surface area contributed by atoms with E-state index >= 15 is 0 Å². The lowest BCUT2D eigenvalue weighted by atomic mass is 9.95. The molecule has 0 amide bonds. The first-order valence-corrected chi connectivity index (χ1v) is 8.58. The average Bonchev–Trinajstić information content (AvgIpc) is 2.59. The summed E-state index contributed by atoms with van der Waals surface area (Å²) in [6.07, 6.45) is 5.19. The number of methoxy groups -OCH3 is 1. The molecule has 1 N–H and O–H groups in total. The fourth-order valence-corrected chi connectivity index (χ4v) is 2.87. The molecule has 0 aliphatic carbocycles. The van der Waals surface area contributed by atoms with Gasteiger partial charge in [0, 0.05) is 12.0 Å². The van der Waals surface area contributed by atoms with Crippen molar-refractivity contribution in [2.24, 2.45) is 0 Å². The number of rotatable bonds is 8. The number of benzene rings is 2. The average molecular weight is 326 g/mol. The molecule has 0 spiro atoms. The third-order valence-electron chi connectivity index (χ3n) is 4.20. The van der Waals surface area contributed by atoms with Gasteiger partial charge in [-0.2, -0.15) is 0 Å². The van der Waals surface area contributed by atoms with Crippen LogP contribution < -0.4 is 0 Å². The standard InChI is InChI=1S/C21H26O3/c1-3-4-6-11-17-13-18(12-16-9-7-5-8-10-16)21(23)19(14-17)15-20(22)24-2/h5,7-10,13-14,23H,3-4,6,11-12,15H2,1-2H3. The topological polar surface area (TPSA) is 46.5 Å². The first-order valence-electron chi connectivity index (χ1n) is 8.58. The van der Waals surface area contributed by atoms with E-state index < -0.39 is 0 Å². The van der Waals surface area contributed by atoms with Gasteiger partial charge < -0.3 is 9.84 Å². The zero-order valence-electron chi connectivity index (χ0n) is 14.5. The van der Waals surface area contributed by atoms with E-state index in [1.807, 2.05) is 36.4 Å². The number of unbranched alkanes of at least 4 members (excludes halogenated alkanes) is 2. The Labute approximate surface area is 144 Å². The highest BCUT2D eigenvalue weighted by molar-refractivity contribution is 5.74. The van der Waals surface area contributed by atoms with Crippen LogP contribution in [0.25, 0.3) is 0 Å². The summed E-state index contributed by atoms with van der Waals surface area (Å²) in [5.41, 5.74) is 3.84. The van der Waals surface area contributed by atoms with Gasteiger partial charge in [0.1, 0.15) is 5.75 Å². The monoisotopic (exact) mass is 326 g/mol. The first-order chi connectivity index (χ1) is 11.6. The maximum atomic E-state index is 11.6. The summed E-state index contributed by atoms with van der Waals surface area (Å²) in [6, 6.07) is 14.1. The van der Waals surface area contributed by atoms with Crippen LogP contribution in [0, 0.1) is 0 Å². The van der Waals surface area contributed by atoms with Gasteiger partial charge in [-0.15, -0.1) is 0 Å². The van der Waals surface area contributed by atoms with Crippen LogP contribution in [0.5, 0.6) is 5.75 Å². The van der Waals surface area contributed by atoms with Crippen molar-refractivity contribution in [3.63, 3.8) is 0 Å². The molecule has 0 unspecified atom stereocenters. The summed E-state index contributed by atoms with van der Waals surface area (Å²) in [7, 11) is 1.37. The molecule has 3 nitrogen and oxygen atoms in total. The number of esters is 1. The van der Waals surface area contributed by atoms with Crippen LogP contribution in [0.2, 0.25) is 0 Å². The van der Waals surface area contributed by atoms with Crippen molar-refractivity contribution in [1.29, 1.82) is 0 Å². The van der Waals surface area contributed by atoms with Crippen molar-refractivity contribution in [2.45, 2.75) is 45.4 Å². The molecule has 2 aromatic carbocycles. The minimum atomic E-state index is -0.332. The molecule has 0 saturated heterocycles. The number of aromatic hydroxyl groups is 1. The summed E-state index contributed by atoms with van der Waals surface area (Å²) in [5.74, 6) is -0.120. The SMILES string of the molecule is CCCCCc1cc(CC(=O)OC)c(O)c(Cc2ccccc2)c1. The van der Waals surface area contributed by atoms with E-state index in [-0.39, 0.29) is 18.1 Å². The van der Waals surface area contributed by atoms with E-state index in [1.54, 1.807) is 0 Å². The van der Waals surface area contributed by atoms with Crippen LogP contribution in [0.3, 0.4) is 0 Å². The van der Waals surface area contributed by atoms with Gasteiger partial charge >= 0.3 is 5.97 Å². The van der Waals surface area contributed by atoms with Crippen molar-refractivity contribution < 1.29 is 14.6 Å². The highest BCUT2D eigenvalue weighted by Gasteiger charge is 2.14. The normalized spacial score (nSPS) is 10.6. The second kappa shape index (κ2) is 9.11. The van der Waals surface area contributed by atoms with Crippen LogP contribution in [-0.4, -0.2) is 18.2 Å². The van der Waals surface area contributed by atoms with Crippen LogP contribution >= 0.6 is 0 Å². The molecule has 2 rings (SSSR count). The summed E-state index contributed by atoms with van der Waals surface area (Å²) in [4.78, 5) is 11.6. The van der Waals surface area contributed by atoms with E-state index in [2.05, 4.69) is 13.0 Å². The lowest BCUT2D eigenvalue weighted by Gasteiger charge is -2.13. The first kappa shape index (κ1) is 18.1. The number of hydrogen-bond acceptors (Lipinski definition) is 3. The Morgan fingerprint density at radius 3 is 2.42 bits per heavy atom. The second-order valence-electron chi connectivity index (χ2n) is 6.14. The zero-order chi connectivity index (χ0) is 17.4. The lowest BCUT2D eigenvalue weighted by molar-refractivity contribution is -0.139. The minimum Gasteiger partial charge on any atom is -0.507 e. The molecular weight excluding hydrogens is 300 g/mol. The Morgan fingerprint density at radius 1 is 1.04 bits per heavy atom. The van der Waals surface area contributed by atoms with Gasteiger partial charge in [-0.3, -0.25) is 4.79 Å². The van der Waals surface area contributed by atoms with E-state index in [0.29, 0.717) is 12.0 Å². The predicted octanol–water partition coefficient (Wildman–Crippen LogP) is 4.43.